The lowest BCUT2D eigenvalue weighted by Crippen LogP contribution is -2.27. The van der Waals surface area contributed by atoms with E-state index in [0.29, 0.717) is 25.6 Å². The molecule has 1 heterocycles. The summed E-state index contributed by atoms with van der Waals surface area (Å²) in [4.78, 5) is 20.0. The van der Waals surface area contributed by atoms with Gasteiger partial charge in [0.2, 0.25) is 0 Å². The van der Waals surface area contributed by atoms with Gasteiger partial charge in [-0.3, -0.25) is 0 Å². The van der Waals surface area contributed by atoms with Crippen LogP contribution < -0.4 is 14.9 Å². The predicted molar refractivity (Wildman–Crippen MR) is 129 cm³/mol. The summed E-state index contributed by atoms with van der Waals surface area (Å²) in [5.41, 5.74) is 2.02. The van der Waals surface area contributed by atoms with Gasteiger partial charge in [0.15, 0.2) is 0 Å². The molecule has 1 aromatic heterocycles. The first-order valence-corrected chi connectivity index (χ1v) is 11.8. The number of hydrogen-bond acceptors (Lipinski definition) is 6. The Kier molecular flexibility index (Phi) is 9.81. The molecule has 0 bridgehead atoms. The van der Waals surface area contributed by atoms with Crippen molar-refractivity contribution in [1.82, 2.24) is 15.1 Å². The monoisotopic (exact) mass is 473 g/mol. The fraction of sp³-hybridized carbons (Fsp3) is 0.333. The van der Waals surface area contributed by atoms with Gasteiger partial charge in [-0.1, -0.05) is 37.3 Å². The van der Waals surface area contributed by atoms with Crippen LogP contribution >= 0.6 is 23.1 Å². The highest BCUT2D eigenvalue weighted by Gasteiger charge is 2.10. The summed E-state index contributed by atoms with van der Waals surface area (Å²) in [5, 5.41) is 3.77. The Balaban J connectivity index is 1.37. The minimum absolute atomic E-state index is 0.273. The molecule has 8 heteroatoms. The number of carbonyl (C=O) groups is 1. The third-order valence-electron chi connectivity index (χ3n) is 4.99. The molecule has 3 aromatic rings. The van der Waals surface area contributed by atoms with Crippen LogP contribution in [0.15, 0.2) is 60.8 Å². The largest absolute Gasteiger partial charge is 0.493 e. The van der Waals surface area contributed by atoms with Crippen molar-refractivity contribution < 1.29 is 14.3 Å². The van der Waals surface area contributed by atoms with Crippen LogP contribution in [0.25, 0.3) is 10.6 Å². The predicted octanol–water partition coefficient (Wildman–Crippen LogP) is 5.78. The van der Waals surface area contributed by atoms with E-state index < -0.39 is 6.09 Å². The van der Waals surface area contributed by atoms with E-state index in [1.165, 1.54) is 0 Å². The normalized spacial score (nSPS) is 11.7. The second kappa shape index (κ2) is 13.1. The number of carbonyl (C=O) groups excluding carboxylic acids is 1. The van der Waals surface area contributed by atoms with E-state index in [1.54, 1.807) is 11.3 Å². The van der Waals surface area contributed by atoms with E-state index >= 15 is 0 Å². The van der Waals surface area contributed by atoms with Gasteiger partial charge in [0.05, 0.1) is 6.61 Å². The van der Waals surface area contributed by atoms with Crippen LogP contribution in [0.5, 0.6) is 5.75 Å². The van der Waals surface area contributed by atoms with Crippen molar-refractivity contribution in [2.75, 3.05) is 13.2 Å². The van der Waals surface area contributed by atoms with Gasteiger partial charge in [0.25, 0.3) is 0 Å². The number of halogens is 1. The van der Waals surface area contributed by atoms with Crippen LogP contribution in [0.2, 0.25) is 0 Å². The van der Waals surface area contributed by atoms with Crippen LogP contribution in [-0.4, -0.2) is 24.2 Å². The number of ether oxygens (including phenoxy) is 2. The van der Waals surface area contributed by atoms with E-state index in [9.17, 15) is 4.79 Å². The molecule has 0 radical (unpaired) electrons. The zero-order valence-electron chi connectivity index (χ0n) is 18.1. The van der Waals surface area contributed by atoms with Crippen molar-refractivity contribution in [1.29, 1.82) is 0 Å². The average molecular weight is 474 g/mol. The summed E-state index contributed by atoms with van der Waals surface area (Å²) in [6.45, 7) is 4.14. The quantitative estimate of drug-likeness (QED) is 0.326. The average Bonchev–Trinajstić information content (AvgIpc) is 3.30. The first-order valence-electron chi connectivity index (χ1n) is 10.6. The van der Waals surface area contributed by atoms with Crippen LogP contribution in [0, 0.1) is 5.92 Å². The number of aromatic nitrogens is 1. The molecule has 0 saturated carbocycles. The number of nitrogens with zero attached hydrogens (tertiary/aromatic N) is 1. The Morgan fingerprint density at radius 1 is 1.16 bits per heavy atom. The molecule has 0 saturated heterocycles. The number of benzene rings is 2. The van der Waals surface area contributed by atoms with E-state index in [4.69, 9.17) is 21.3 Å². The third-order valence-corrected chi connectivity index (χ3v) is 6.17. The van der Waals surface area contributed by atoms with Crippen molar-refractivity contribution in [3.8, 4) is 16.3 Å². The highest BCUT2D eigenvalue weighted by molar-refractivity contribution is 7.15. The van der Waals surface area contributed by atoms with Crippen LogP contribution in [0.3, 0.4) is 0 Å². The topological polar surface area (TPSA) is 72.5 Å². The molecule has 0 unspecified atom stereocenters. The smallest absolute Gasteiger partial charge is 0.407 e. The van der Waals surface area contributed by atoms with E-state index in [-0.39, 0.29) is 6.61 Å². The van der Waals surface area contributed by atoms with Crippen molar-refractivity contribution in [3.63, 3.8) is 0 Å². The van der Waals surface area contributed by atoms with Gasteiger partial charge in [0, 0.05) is 29.7 Å². The van der Waals surface area contributed by atoms with Gasteiger partial charge in [-0.25, -0.2) is 14.6 Å². The van der Waals surface area contributed by atoms with Crippen molar-refractivity contribution in [3.05, 3.63) is 71.2 Å². The van der Waals surface area contributed by atoms with Crippen molar-refractivity contribution in [2.45, 2.75) is 32.9 Å². The first kappa shape index (κ1) is 24.0. The highest BCUT2D eigenvalue weighted by Crippen LogP contribution is 2.27. The maximum Gasteiger partial charge on any atom is 0.407 e. The van der Waals surface area contributed by atoms with Gasteiger partial charge >= 0.3 is 6.09 Å². The zero-order valence-corrected chi connectivity index (χ0v) is 19.6. The number of alkyl carbamates (subject to hydrolysis) is 1. The molecule has 0 spiro atoms. The second-order valence-corrected chi connectivity index (χ2v) is 8.71. The zero-order chi connectivity index (χ0) is 22.6. The van der Waals surface area contributed by atoms with E-state index in [0.717, 1.165) is 39.6 Å². The Labute approximate surface area is 198 Å². The fourth-order valence-electron chi connectivity index (χ4n) is 3.05. The number of amides is 1. The van der Waals surface area contributed by atoms with Crippen LogP contribution in [-0.2, 0) is 17.9 Å². The first-order chi connectivity index (χ1) is 15.7. The number of rotatable bonds is 12. The van der Waals surface area contributed by atoms with Crippen LogP contribution in [0.1, 0.15) is 30.2 Å². The molecule has 0 aliphatic rings. The van der Waals surface area contributed by atoms with Crippen molar-refractivity contribution in [2.24, 2.45) is 5.92 Å². The molecule has 1 amide bonds. The molecule has 2 N–H and O–H groups in total. The molecule has 170 valence electrons. The lowest BCUT2D eigenvalue weighted by molar-refractivity contribution is 0.138. The van der Waals surface area contributed by atoms with E-state index in [2.05, 4.69) is 22.1 Å². The maximum atomic E-state index is 11.9. The number of thiazole rings is 1. The van der Waals surface area contributed by atoms with E-state index in [1.807, 2.05) is 60.8 Å². The molecule has 6 nitrogen and oxygen atoms in total. The summed E-state index contributed by atoms with van der Waals surface area (Å²) in [5.74, 6) is 1.16. The lowest BCUT2D eigenvalue weighted by Gasteiger charge is -2.16. The molecule has 1 atom stereocenters. The number of nitrogens with one attached hydrogen (secondary N) is 2. The third kappa shape index (κ3) is 7.82. The van der Waals surface area contributed by atoms with Gasteiger partial charge in [0.1, 0.15) is 17.4 Å². The van der Waals surface area contributed by atoms with Crippen LogP contribution in [0.4, 0.5) is 4.79 Å². The Morgan fingerprint density at radius 3 is 2.66 bits per heavy atom. The Hall–Kier alpha value is -2.61. The summed E-state index contributed by atoms with van der Waals surface area (Å²) >= 11 is 7.16. The second-order valence-electron chi connectivity index (χ2n) is 7.33. The Morgan fingerprint density at radius 2 is 1.94 bits per heavy atom. The van der Waals surface area contributed by atoms with Gasteiger partial charge < -0.3 is 14.8 Å². The number of hydrogen-bond donors (Lipinski definition) is 2. The molecule has 0 fully saturated rings. The minimum Gasteiger partial charge on any atom is -0.493 e. The molecule has 2 aromatic carbocycles. The summed E-state index contributed by atoms with van der Waals surface area (Å²) in [6, 6.07) is 17.6. The van der Waals surface area contributed by atoms with Gasteiger partial charge in [-0.2, -0.15) is 0 Å². The Bertz CT molecular complexity index is 951. The van der Waals surface area contributed by atoms with Crippen molar-refractivity contribution >= 4 is 29.2 Å². The lowest BCUT2D eigenvalue weighted by atomic mass is 10.0. The fourth-order valence-corrected chi connectivity index (χ4v) is 4.13. The SMILES string of the molecule is CC[C@@H](CCNC(=O)OCc1ccccc1)COc1ccc(-c2ncc(CNCl)s2)cc1. The summed E-state index contributed by atoms with van der Waals surface area (Å²) in [6.07, 6.45) is 3.23. The standard InChI is InChI=1S/C24H28ClN3O3S/c1-2-18(12-13-26-24(29)31-17-19-6-4-3-5-7-19)16-30-21-10-8-20(9-11-21)23-27-14-22(32-23)15-28-25/h3-11,14,18,28H,2,12-13,15-17H2,1H3,(H,26,29)/t18-/m0/s1. The summed E-state index contributed by atoms with van der Waals surface area (Å²) in [7, 11) is 0. The molecule has 3 rings (SSSR count). The molecule has 0 aliphatic carbocycles. The molecular formula is C24H28ClN3O3S. The highest BCUT2D eigenvalue weighted by atomic mass is 35.5. The van der Waals surface area contributed by atoms with Gasteiger partial charge in [-0.15, -0.1) is 11.3 Å². The maximum absolute atomic E-state index is 11.9. The molecule has 0 aliphatic heterocycles. The minimum atomic E-state index is -0.396. The molecular weight excluding hydrogens is 446 g/mol. The molecule has 32 heavy (non-hydrogen) atoms. The summed E-state index contributed by atoms with van der Waals surface area (Å²) < 4.78 is 11.2. The van der Waals surface area contributed by atoms with Gasteiger partial charge in [-0.05, 0) is 60.4 Å².